The summed E-state index contributed by atoms with van der Waals surface area (Å²) in [7, 11) is 0. The molecular formula is C14H30O2. The summed E-state index contributed by atoms with van der Waals surface area (Å²) in [5.41, 5.74) is 0. The molecule has 0 atom stereocenters. The fourth-order valence-electron chi connectivity index (χ4n) is 1.63. The lowest BCUT2D eigenvalue weighted by atomic mass is 10.1. The van der Waals surface area contributed by atoms with Gasteiger partial charge in [0, 0.05) is 13.2 Å². The van der Waals surface area contributed by atoms with Gasteiger partial charge in [-0.1, -0.05) is 52.4 Å². The summed E-state index contributed by atoms with van der Waals surface area (Å²) in [5, 5.41) is 0. The minimum atomic E-state index is 0.754. The molecule has 0 amide bonds. The van der Waals surface area contributed by atoms with Gasteiger partial charge in [0.2, 0.25) is 0 Å². The van der Waals surface area contributed by atoms with Gasteiger partial charge in [0.05, 0.1) is 13.2 Å². The maximum Gasteiger partial charge on any atom is 0.0700 e. The van der Waals surface area contributed by atoms with Crippen LogP contribution in [0, 0.1) is 0 Å². The zero-order valence-corrected chi connectivity index (χ0v) is 11.3. The molecule has 0 aliphatic carbocycles. The largest absolute Gasteiger partial charge is 0.379 e. The van der Waals surface area contributed by atoms with E-state index in [-0.39, 0.29) is 0 Å². The van der Waals surface area contributed by atoms with Crippen molar-refractivity contribution in [1.29, 1.82) is 0 Å². The van der Waals surface area contributed by atoms with Crippen molar-refractivity contribution in [1.82, 2.24) is 0 Å². The van der Waals surface area contributed by atoms with Crippen molar-refractivity contribution in [2.45, 2.75) is 65.2 Å². The highest BCUT2D eigenvalue weighted by Crippen LogP contribution is 2.06. The van der Waals surface area contributed by atoms with E-state index < -0.39 is 0 Å². The smallest absolute Gasteiger partial charge is 0.0700 e. The average molecular weight is 230 g/mol. The van der Waals surface area contributed by atoms with E-state index in [0.717, 1.165) is 32.8 Å². The second-order valence-corrected chi connectivity index (χ2v) is 4.35. The second kappa shape index (κ2) is 14.9. The molecule has 0 rings (SSSR count). The maximum atomic E-state index is 5.48. The molecule has 0 radical (unpaired) electrons. The number of hydrogen-bond acceptors (Lipinski definition) is 2. The van der Waals surface area contributed by atoms with Crippen LogP contribution in [0.5, 0.6) is 0 Å². The van der Waals surface area contributed by atoms with Gasteiger partial charge in [-0.3, -0.25) is 0 Å². The summed E-state index contributed by atoms with van der Waals surface area (Å²) in [5.74, 6) is 0. The van der Waals surface area contributed by atoms with E-state index in [4.69, 9.17) is 9.47 Å². The van der Waals surface area contributed by atoms with Crippen LogP contribution in [0.4, 0.5) is 0 Å². The average Bonchev–Trinajstić information content (AvgIpc) is 2.31. The minimum absolute atomic E-state index is 0.754. The van der Waals surface area contributed by atoms with Gasteiger partial charge in [0.25, 0.3) is 0 Å². The van der Waals surface area contributed by atoms with Crippen molar-refractivity contribution in [3.8, 4) is 0 Å². The van der Waals surface area contributed by atoms with Crippen LogP contribution < -0.4 is 0 Å². The van der Waals surface area contributed by atoms with Crippen LogP contribution in [-0.2, 0) is 9.47 Å². The van der Waals surface area contributed by atoms with E-state index in [9.17, 15) is 0 Å². The maximum absolute atomic E-state index is 5.48. The van der Waals surface area contributed by atoms with Gasteiger partial charge in [-0.05, 0) is 12.8 Å². The number of hydrogen-bond donors (Lipinski definition) is 0. The van der Waals surface area contributed by atoms with Crippen LogP contribution in [0.15, 0.2) is 0 Å². The Morgan fingerprint density at radius 2 is 1.06 bits per heavy atom. The first-order valence-electron chi connectivity index (χ1n) is 7.07. The molecule has 0 spiro atoms. The number of ether oxygens (including phenoxy) is 2. The topological polar surface area (TPSA) is 18.5 Å². The van der Waals surface area contributed by atoms with Crippen LogP contribution in [0.25, 0.3) is 0 Å². The molecule has 0 saturated carbocycles. The standard InChI is InChI=1S/C14H30O2/c1-3-5-6-7-8-9-10-12-16-14-13-15-11-4-2/h3-14H2,1-2H3. The van der Waals surface area contributed by atoms with Crippen molar-refractivity contribution in [3.05, 3.63) is 0 Å². The molecule has 0 N–H and O–H groups in total. The molecule has 0 aliphatic rings. The molecule has 98 valence electrons. The highest BCUT2D eigenvalue weighted by molar-refractivity contribution is 4.44. The molecule has 2 heteroatoms. The molecule has 16 heavy (non-hydrogen) atoms. The summed E-state index contributed by atoms with van der Waals surface area (Å²) in [4.78, 5) is 0. The quantitative estimate of drug-likeness (QED) is 0.442. The van der Waals surface area contributed by atoms with Gasteiger partial charge < -0.3 is 9.47 Å². The fourth-order valence-corrected chi connectivity index (χ4v) is 1.63. The van der Waals surface area contributed by atoms with E-state index in [2.05, 4.69) is 13.8 Å². The van der Waals surface area contributed by atoms with Crippen LogP contribution in [0.2, 0.25) is 0 Å². The van der Waals surface area contributed by atoms with Crippen molar-refractivity contribution in [2.24, 2.45) is 0 Å². The third-order valence-corrected chi connectivity index (χ3v) is 2.61. The van der Waals surface area contributed by atoms with Gasteiger partial charge >= 0.3 is 0 Å². The van der Waals surface area contributed by atoms with Crippen molar-refractivity contribution >= 4 is 0 Å². The van der Waals surface area contributed by atoms with Crippen molar-refractivity contribution in [3.63, 3.8) is 0 Å². The van der Waals surface area contributed by atoms with E-state index in [1.807, 2.05) is 0 Å². The third-order valence-electron chi connectivity index (χ3n) is 2.61. The van der Waals surface area contributed by atoms with Crippen LogP contribution >= 0.6 is 0 Å². The summed E-state index contributed by atoms with van der Waals surface area (Å²) < 4.78 is 10.8. The van der Waals surface area contributed by atoms with Gasteiger partial charge in [-0.25, -0.2) is 0 Å². The molecule has 0 aromatic rings. The Kier molecular flexibility index (Phi) is 14.8. The molecular weight excluding hydrogens is 200 g/mol. The number of unbranched alkanes of at least 4 members (excludes halogenated alkanes) is 6. The molecule has 2 nitrogen and oxygen atoms in total. The van der Waals surface area contributed by atoms with Crippen LogP contribution in [-0.4, -0.2) is 26.4 Å². The second-order valence-electron chi connectivity index (χ2n) is 4.35. The Morgan fingerprint density at radius 3 is 1.69 bits per heavy atom. The normalized spacial score (nSPS) is 10.9. The highest BCUT2D eigenvalue weighted by Gasteiger charge is 1.92. The van der Waals surface area contributed by atoms with E-state index in [0.29, 0.717) is 0 Å². The Morgan fingerprint density at radius 1 is 0.500 bits per heavy atom. The Balaban J connectivity index is 2.83. The Labute approximate surface area is 102 Å². The number of rotatable bonds is 13. The molecule has 0 saturated heterocycles. The molecule has 0 aromatic carbocycles. The summed E-state index contributed by atoms with van der Waals surface area (Å²) in [6, 6.07) is 0. The SMILES string of the molecule is CCCCCCCCCOCCOCCC. The lowest BCUT2D eigenvalue weighted by molar-refractivity contribution is 0.0465. The Hall–Kier alpha value is -0.0800. The fraction of sp³-hybridized carbons (Fsp3) is 1.00. The molecule has 0 heterocycles. The minimum Gasteiger partial charge on any atom is -0.379 e. The first kappa shape index (κ1) is 15.9. The van der Waals surface area contributed by atoms with Gasteiger partial charge in [0.15, 0.2) is 0 Å². The molecule has 0 aromatic heterocycles. The first-order chi connectivity index (χ1) is 7.91. The van der Waals surface area contributed by atoms with Gasteiger partial charge in [0.1, 0.15) is 0 Å². The predicted molar refractivity (Wildman–Crippen MR) is 69.9 cm³/mol. The highest BCUT2D eigenvalue weighted by atomic mass is 16.5. The zero-order valence-electron chi connectivity index (χ0n) is 11.3. The predicted octanol–water partition coefficient (Wildman–Crippen LogP) is 4.18. The Bertz CT molecular complexity index is 101. The summed E-state index contributed by atoms with van der Waals surface area (Å²) in [6.07, 6.45) is 10.5. The van der Waals surface area contributed by atoms with Crippen molar-refractivity contribution in [2.75, 3.05) is 26.4 Å². The molecule has 0 fully saturated rings. The molecule has 0 unspecified atom stereocenters. The first-order valence-corrected chi connectivity index (χ1v) is 7.07. The lowest BCUT2D eigenvalue weighted by Crippen LogP contribution is -2.05. The summed E-state index contributed by atoms with van der Waals surface area (Å²) >= 11 is 0. The van der Waals surface area contributed by atoms with E-state index in [1.165, 1.54) is 44.9 Å². The van der Waals surface area contributed by atoms with Crippen LogP contribution in [0.3, 0.4) is 0 Å². The zero-order chi connectivity index (χ0) is 11.9. The monoisotopic (exact) mass is 230 g/mol. The van der Waals surface area contributed by atoms with Gasteiger partial charge in [-0.2, -0.15) is 0 Å². The van der Waals surface area contributed by atoms with Crippen LogP contribution in [0.1, 0.15) is 65.2 Å². The lowest BCUT2D eigenvalue weighted by Gasteiger charge is -2.05. The molecule has 0 aliphatic heterocycles. The van der Waals surface area contributed by atoms with E-state index in [1.54, 1.807) is 0 Å². The van der Waals surface area contributed by atoms with Gasteiger partial charge in [-0.15, -0.1) is 0 Å². The van der Waals surface area contributed by atoms with Crippen molar-refractivity contribution < 1.29 is 9.47 Å². The summed E-state index contributed by atoms with van der Waals surface area (Å²) in [6.45, 7) is 7.66. The molecule has 0 bridgehead atoms. The van der Waals surface area contributed by atoms with E-state index >= 15 is 0 Å². The third kappa shape index (κ3) is 13.9.